The van der Waals surface area contributed by atoms with E-state index >= 15 is 0 Å². The maximum Gasteiger partial charge on any atom is 0.435 e. The highest BCUT2D eigenvalue weighted by atomic mass is 32.2. The Morgan fingerprint density at radius 1 is 1.10 bits per heavy atom. The number of aliphatic carboxylic acids is 1. The summed E-state index contributed by atoms with van der Waals surface area (Å²) in [5.41, 5.74) is 0.741. The molecular weight excluding hydrogens is 423 g/mol. The lowest BCUT2D eigenvalue weighted by Gasteiger charge is -2.10. The van der Waals surface area contributed by atoms with E-state index in [0.717, 1.165) is 28.4 Å². The molecule has 0 aliphatic carbocycles. The SMILES string of the molecule is Cc1ccc(-c2cc(C(F)(F)F)nn2-c2ccc(S(=O)(=O)NCC(=O)O)cc2)cc1. The Kier molecular flexibility index (Phi) is 5.68. The van der Waals surface area contributed by atoms with Crippen molar-refractivity contribution < 1.29 is 31.5 Å². The third-order valence-electron chi connectivity index (χ3n) is 4.15. The van der Waals surface area contributed by atoms with Crippen molar-refractivity contribution in [2.45, 2.75) is 18.0 Å². The Morgan fingerprint density at radius 3 is 2.23 bits per heavy atom. The number of sulfonamides is 1. The van der Waals surface area contributed by atoms with Gasteiger partial charge in [0.25, 0.3) is 0 Å². The van der Waals surface area contributed by atoms with Crippen LogP contribution in [0.5, 0.6) is 0 Å². The number of aromatic nitrogens is 2. The number of carbonyl (C=O) groups is 1. The van der Waals surface area contributed by atoms with E-state index in [1.54, 1.807) is 24.3 Å². The van der Waals surface area contributed by atoms with Crippen molar-refractivity contribution >= 4 is 16.0 Å². The molecule has 158 valence electrons. The van der Waals surface area contributed by atoms with Gasteiger partial charge in [-0.15, -0.1) is 0 Å². The molecule has 3 rings (SSSR count). The molecule has 0 atom stereocenters. The molecule has 1 heterocycles. The van der Waals surface area contributed by atoms with Gasteiger partial charge in [-0.2, -0.15) is 23.0 Å². The minimum absolute atomic E-state index is 0.182. The summed E-state index contributed by atoms with van der Waals surface area (Å²) in [4.78, 5) is 10.3. The van der Waals surface area contributed by atoms with Gasteiger partial charge in [0, 0.05) is 5.56 Å². The summed E-state index contributed by atoms with van der Waals surface area (Å²) in [6, 6.07) is 12.7. The second-order valence-electron chi connectivity index (χ2n) is 6.40. The van der Waals surface area contributed by atoms with E-state index in [1.807, 2.05) is 11.6 Å². The van der Waals surface area contributed by atoms with E-state index in [-0.39, 0.29) is 16.3 Å². The second kappa shape index (κ2) is 7.92. The van der Waals surface area contributed by atoms with Crippen LogP contribution < -0.4 is 4.72 Å². The molecule has 0 spiro atoms. The molecule has 0 saturated carbocycles. The van der Waals surface area contributed by atoms with Crippen LogP contribution in [-0.2, 0) is 21.0 Å². The van der Waals surface area contributed by atoms with Gasteiger partial charge >= 0.3 is 12.1 Å². The largest absolute Gasteiger partial charge is 0.480 e. The summed E-state index contributed by atoms with van der Waals surface area (Å²) in [5.74, 6) is -1.35. The van der Waals surface area contributed by atoms with Gasteiger partial charge in [0.1, 0.15) is 6.54 Å². The highest BCUT2D eigenvalue weighted by molar-refractivity contribution is 7.89. The Balaban J connectivity index is 2.03. The van der Waals surface area contributed by atoms with Crippen LogP contribution in [0.1, 0.15) is 11.3 Å². The predicted molar refractivity (Wildman–Crippen MR) is 102 cm³/mol. The first-order valence-electron chi connectivity index (χ1n) is 8.53. The molecule has 3 aromatic rings. The average molecular weight is 439 g/mol. The molecular formula is C19H16F3N3O4S. The van der Waals surface area contributed by atoms with Gasteiger partial charge in [-0.1, -0.05) is 29.8 Å². The van der Waals surface area contributed by atoms with Crippen LogP contribution in [0.2, 0.25) is 0 Å². The first kappa shape index (κ1) is 21.5. The Hall–Kier alpha value is -3.18. The molecule has 1 aromatic heterocycles. The average Bonchev–Trinajstić information content (AvgIpc) is 3.13. The number of benzene rings is 2. The van der Waals surface area contributed by atoms with Crippen LogP contribution >= 0.6 is 0 Å². The van der Waals surface area contributed by atoms with Gasteiger partial charge in [0.15, 0.2) is 5.69 Å². The van der Waals surface area contributed by atoms with Crippen molar-refractivity contribution in [2.75, 3.05) is 6.54 Å². The molecule has 0 amide bonds. The smallest absolute Gasteiger partial charge is 0.435 e. The number of alkyl halides is 3. The molecule has 0 saturated heterocycles. The minimum Gasteiger partial charge on any atom is -0.480 e. The number of rotatable bonds is 6. The van der Waals surface area contributed by atoms with Crippen LogP contribution in [0.4, 0.5) is 13.2 Å². The van der Waals surface area contributed by atoms with Crippen LogP contribution in [0.25, 0.3) is 16.9 Å². The number of aryl methyl sites for hydroxylation is 1. The molecule has 11 heteroatoms. The van der Waals surface area contributed by atoms with E-state index < -0.39 is 34.4 Å². The third-order valence-corrected chi connectivity index (χ3v) is 5.57. The zero-order valence-corrected chi connectivity index (χ0v) is 16.3. The molecule has 7 nitrogen and oxygen atoms in total. The lowest BCUT2D eigenvalue weighted by atomic mass is 10.1. The Morgan fingerprint density at radius 2 is 1.70 bits per heavy atom. The van der Waals surface area contributed by atoms with Crippen molar-refractivity contribution in [1.29, 1.82) is 0 Å². The van der Waals surface area contributed by atoms with Gasteiger partial charge < -0.3 is 5.11 Å². The van der Waals surface area contributed by atoms with Crippen molar-refractivity contribution in [3.05, 3.63) is 65.9 Å². The summed E-state index contributed by atoms with van der Waals surface area (Å²) in [7, 11) is -4.08. The Labute approximate surface area is 169 Å². The first-order valence-corrected chi connectivity index (χ1v) is 10.0. The van der Waals surface area contributed by atoms with Crippen LogP contribution in [-0.4, -0.2) is 35.8 Å². The third kappa shape index (κ3) is 4.69. The summed E-state index contributed by atoms with van der Waals surface area (Å²) in [6.07, 6.45) is -4.66. The first-order chi connectivity index (χ1) is 14.0. The van der Waals surface area contributed by atoms with Gasteiger partial charge in [-0.3, -0.25) is 4.79 Å². The number of nitrogens with zero attached hydrogens (tertiary/aromatic N) is 2. The standard InChI is InChI=1S/C19H16F3N3O4S/c1-12-2-4-13(5-3-12)16-10-17(19(20,21)22)24-25(16)14-6-8-15(9-7-14)30(28,29)23-11-18(26)27/h2-10,23H,11H2,1H3,(H,26,27). The quantitative estimate of drug-likeness (QED) is 0.614. The molecule has 2 N–H and O–H groups in total. The van der Waals surface area contributed by atoms with Crippen molar-refractivity contribution in [3.8, 4) is 16.9 Å². The number of hydrogen-bond donors (Lipinski definition) is 2. The van der Waals surface area contributed by atoms with Gasteiger partial charge in [0.2, 0.25) is 10.0 Å². The monoisotopic (exact) mass is 439 g/mol. The lowest BCUT2D eigenvalue weighted by molar-refractivity contribution is -0.141. The van der Waals surface area contributed by atoms with Gasteiger partial charge in [-0.25, -0.2) is 13.1 Å². The zero-order chi connectivity index (χ0) is 22.1. The van der Waals surface area contributed by atoms with E-state index in [9.17, 15) is 26.4 Å². The number of halogens is 3. The fourth-order valence-electron chi connectivity index (χ4n) is 2.65. The highest BCUT2D eigenvalue weighted by Gasteiger charge is 2.35. The second-order valence-corrected chi connectivity index (χ2v) is 8.17. The molecule has 0 aliphatic rings. The minimum atomic E-state index is -4.66. The zero-order valence-electron chi connectivity index (χ0n) is 15.5. The van der Waals surface area contributed by atoms with E-state index in [0.29, 0.717) is 5.56 Å². The fourth-order valence-corrected chi connectivity index (χ4v) is 3.63. The summed E-state index contributed by atoms with van der Waals surface area (Å²) in [5, 5.41) is 12.3. The molecule has 30 heavy (non-hydrogen) atoms. The summed E-state index contributed by atoms with van der Waals surface area (Å²) < 4.78 is 66.9. The van der Waals surface area contributed by atoms with Crippen molar-refractivity contribution in [3.63, 3.8) is 0 Å². The maximum atomic E-state index is 13.2. The predicted octanol–water partition coefficient (Wildman–Crippen LogP) is 3.23. The topological polar surface area (TPSA) is 101 Å². The molecule has 0 radical (unpaired) electrons. The fraction of sp³-hybridized carbons (Fsp3) is 0.158. The van der Waals surface area contributed by atoms with E-state index in [1.165, 1.54) is 12.1 Å². The number of carboxylic acid groups (broad SMARTS) is 1. The summed E-state index contributed by atoms with van der Waals surface area (Å²) >= 11 is 0. The van der Waals surface area contributed by atoms with Crippen LogP contribution in [0, 0.1) is 6.92 Å². The molecule has 0 fully saturated rings. The molecule has 2 aromatic carbocycles. The van der Waals surface area contributed by atoms with E-state index in [4.69, 9.17) is 5.11 Å². The molecule has 0 bridgehead atoms. The Bertz CT molecular complexity index is 1170. The number of carboxylic acids is 1. The normalized spacial score (nSPS) is 12.1. The lowest BCUT2D eigenvalue weighted by Crippen LogP contribution is -2.29. The van der Waals surface area contributed by atoms with E-state index in [2.05, 4.69) is 5.10 Å². The van der Waals surface area contributed by atoms with Gasteiger partial charge in [0.05, 0.1) is 16.3 Å². The molecule has 0 aliphatic heterocycles. The maximum absolute atomic E-state index is 13.2. The van der Waals surface area contributed by atoms with Gasteiger partial charge in [-0.05, 0) is 37.3 Å². The number of hydrogen-bond acceptors (Lipinski definition) is 4. The highest BCUT2D eigenvalue weighted by Crippen LogP contribution is 2.33. The van der Waals surface area contributed by atoms with Crippen molar-refractivity contribution in [2.24, 2.45) is 0 Å². The van der Waals surface area contributed by atoms with Crippen LogP contribution in [0.3, 0.4) is 0 Å². The molecule has 0 unspecified atom stereocenters. The van der Waals surface area contributed by atoms with Crippen LogP contribution in [0.15, 0.2) is 59.5 Å². The summed E-state index contributed by atoms with van der Waals surface area (Å²) in [6.45, 7) is 1.05. The van der Waals surface area contributed by atoms with Crippen molar-refractivity contribution in [1.82, 2.24) is 14.5 Å². The number of nitrogens with one attached hydrogen (secondary N) is 1.